The first kappa shape index (κ1) is 28.9. The number of hydrogen-bond acceptors (Lipinski definition) is 7. The number of carbonyl (C=O) groups excluding carboxylic acids is 1. The summed E-state index contributed by atoms with van der Waals surface area (Å²) >= 11 is 0. The summed E-state index contributed by atoms with van der Waals surface area (Å²) in [6.07, 6.45) is -4.28. The van der Waals surface area contributed by atoms with Gasteiger partial charge in [-0.1, -0.05) is 91.0 Å². The lowest BCUT2D eigenvalue weighted by Gasteiger charge is -2.47. The molecule has 6 atom stereocenters. The van der Waals surface area contributed by atoms with Crippen LogP contribution in [0.2, 0.25) is 0 Å². The molecule has 0 aromatic heterocycles. The Bertz CT molecular complexity index is 1120. The van der Waals surface area contributed by atoms with Crippen LogP contribution in [-0.4, -0.2) is 57.1 Å². The Balaban J connectivity index is 1.66. The van der Waals surface area contributed by atoms with Gasteiger partial charge in [-0.2, -0.15) is 0 Å². The number of methoxy groups -OCH3 is 2. The molecule has 208 valence electrons. The average Bonchev–Trinajstić information content (AvgIpc) is 2.98. The zero-order chi connectivity index (χ0) is 27.5. The van der Waals surface area contributed by atoms with Crippen LogP contribution in [0.5, 0.6) is 0 Å². The molecule has 1 amide bonds. The third-order valence-electron chi connectivity index (χ3n) is 6.52. The Morgan fingerprint density at radius 1 is 0.718 bits per heavy atom. The Morgan fingerprint density at radius 2 is 1.15 bits per heavy atom. The minimum Gasteiger partial charge on any atom is -0.368 e. The Hall–Kier alpha value is -3.11. The van der Waals surface area contributed by atoms with Gasteiger partial charge in [0.1, 0.15) is 24.4 Å². The lowest BCUT2D eigenvalue weighted by Crippen LogP contribution is -2.65. The Labute approximate surface area is 230 Å². The normalized spacial score (nSPS) is 23.7. The minimum absolute atomic E-state index is 0.259. The van der Waals surface area contributed by atoms with E-state index >= 15 is 0 Å². The molecule has 1 aliphatic heterocycles. The summed E-state index contributed by atoms with van der Waals surface area (Å²) in [5, 5.41) is 2.82. The van der Waals surface area contributed by atoms with Gasteiger partial charge in [0.25, 0.3) is 0 Å². The molecule has 1 fully saturated rings. The van der Waals surface area contributed by atoms with Crippen molar-refractivity contribution < 1.29 is 33.2 Å². The molecule has 3 aromatic rings. The maximum absolute atomic E-state index is 12.0. The first-order chi connectivity index (χ1) is 19.1. The zero-order valence-electron chi connectivity index (χ0n) is 22.6. The molecule has 39 heavy (non-hydrogen) atoms. The zero-order valence-corrected chi connectivity index (χ0v) is 22.6. The van der Waals surface area contributed by atoms with Crippen LogP contribution in [0, 0.1) is 0 Å². The van der Waals surface area contributed by atoms with Crippen molar-refractivity contribution in [3.63, 3.8) is 0 Å². The van der Waals surface area contributed by atoms with Gasteiger partial charge < -0.3 is 33.7 Å². The van der Waals surface area contributed by atoms with Gasteiger partial charge >= 0.3 is 0 Å². The van der Waals surface area contributed by atoms with E-state index in [0.29, 0.717) is 19.8 Å². The van der Waals surface area contributed by atoms with Crippen LogP contribution in [-0.2, 0) is 53.0 Å². The van der Waals surface area contributed by atoms with Crippen molar-refractivity contribution in [2.45, 2.75) is 63.7 Å². The van der Waals surface area contributed by atoms with Gasteiger partial charge in [-0.05, 0) is 16.7 Å². The second kappa shape index (κ2) is 14.9. The minimum atomic E-state index is -0.807. The number of rotatable bonds is 13. The predicted octanol–water partition coefficient (Wildman–Crippen LogP) is 4.22. The summed E-state index contributed by atoms with van der Waals surface area (Å²) < 4.78 is 37.3. The van der Waals surface area contributed by atoms with Gasteiger partial charge in [0, 0.05) is 21.1 Å². The van der Waals surface area contributed by atoms with Crippen molar-refractivity contribution in [1.82, 2.24) is 5.32 Å². The second-order valence-corrected chi connectivity index (χ2v) is 9.35. The van der Waals surface area contributed by atoms with Crippen molar-refractivity contribution in [2.24, 2.45) is 0 Å². The summed E-state index contributed by atoms with van der Waals surface area (Å²) in [7, 11) is 3.07. The lowest BCUT2D eigenvalue weighted by atomic mass is 9.96. The van der Waals surface area contributed by atoms with Gasteiger partial charge in [0.2, 0.25) is 5.91 Å². The molecule has 0 radical (unpaired) electrons. The highest BCUT2D eigenvalue weighted by Crippen LogP contribution is 2.32. The van der Waals surface area contributed by atoms with Crippen molar-refractivity contribution >= 4 is 5.91 Å². The van der Waals surface area contributed by atoms with E-state index in [4.69, 9.17) is 28.4 Å². The first-order valence-electron chi connectivity index (χ1n) is 13.0. The third kappa shape index (κ3) is 8.19. The van der Waals surface area contributed by atoms with Gasteiger partial charge in [-0.3, -0.25) is 4.79 Å². The van der Waals surface area contributed by atoms with E-state index in [1.165, 1.54) is 14.0 Å². The Morgan fingerprint density at radius 3 is 1.56 bits per heavy atom. The fourth-order valence-corrected chi connectivity index (χ4v) is 4.60. The summed E-state index contributed by atoms with van der Waals surface area (Å²) in [6.45, 7) is 2.38. The largest absolute Gasteiger partial charge is 0.368 e. The van der Waals surface area contributed by atoms with Crippen LogP contribution in [0.1, 0.15) is 23.6 Å². The van der Waals surface area contributed by atoms with Gasteiger partial charge in [-0.15, -0.1) is 0 Å². The molecular formula is C31H37NO7. The fourth-order valence-electron chi connectivity index (χ4n) is 4.60. The molecule has 1 N–H and O–H groups in total. The summed E-state index contributed by atoms with van der Waals surface area (Å²) in [5.74, 6) is -0.259. The number of hydrogen-bond donors (Lipinski definition) is 1. The number of amides is 1. The quantitative estimate of drug-likeness (QED) is 0.328. The van der Waals surface area contributed by atoms with E-state index < -0.39 is 36.9 Å². The number of benzene rings is 3. The van der Waals surface area contributed by atoms with E-state index in [1.54, 1.807) is 7.11 Å². The first-order valence-corrected chi connectivity index (χ1v) is 13.0. The van der Waals surface area contributed by atoms with Crippen LogP contribution >= 0.6 is 0 Å². The molecule has 0 aliphatic carbocycles. The topological polar surface area (TPSA) is 84.5 Å². The summed E-state index contributed by atoms with van der Waals surface area (Å²) in [5.41, 5.74) is 3.00. The Kier molecular flexibility index (Phi) is 11.0. The van der Waals surface area contributed by atoms with Crippen LogP contribution in [0.3, 0.4) is 0 Å². The number of carbonyl (C=O) groups is 1. The van der Waals surface area contributed by atoms with Crippen LogP contribution < -0.4 is 5.32 Å². The highest BCUT2D eigenvalue weighted by atomic mass is 16.7. The highest BCUT2D eigenvalue weighted by Gasteiger charge is 2.51. The standard InChI is InChI=1S/C31H37NO7/c1-22(33)32-30(34-2)28-26(36-19-23-13-7-4-8-14-23)27(37-20-24-15-9-5-10-16-24)29(31(35-3)39-28)38-21-25-17-11-6-12-18-25/h4-18,26-31H,19-21H2,1-3H3,(H,32,33)/t26-,27+,28+,29-,30?,31+/m1/s1. The van der Waals surface area contributed by atoms with E-state index in [-0.39, 0.29) is 5.91 Å². The van der Waals surface area contributed by atoms with E-state index in [9.17, 15) is 4.79 Å². The molecular weight excluding hydrogens is 498 g/mol. The summed E-state index contributed by atoms with van der Waals surface area (Å²) in [6, 6.07) is 29.6. The third-order valence-corrected chi connectivity index (χ3v) is 6.52. The SMILES string of the molecule is COC(NC(C)=O)[C@H]1O[C@H](OC)[C@H](OCc2ccccc2)[C@@H](OCc2ccccc2)[C@H]1OCc1ccccc1. The van der Waals surface area contributed by atoms with E-state index in [1.807, 2.05) is 91.0 Å². The smallest absolute Gasteiger partial charge is 0.218 e. The molecule has 4 rings (SSSR count). The van der Waals surface area contributed by atoms with Crippen molar-refractivity contribution in [3.05, 3.63) is 108 Å². The molecule has 1 saturated heterocycles. The molecule has 1 aliphatic rings. The van der Waals surface area contributed by atoms with Gasteiger partial charge in [0.05, 0.1) is 19.8 Å². The lowest BCUT2D eigenvalue weighted by molar-refractivity contribution is -0.332. The average molecular weight is 536 g/mol. The van der Waals surface area contributed by atoms with Crippen molar-refractivity contribution in [1.29, 1.82) is 0 Å². The molecule has 8 nitrogen and oxygen atoms in total. The highest BCUT2D eigenvalue weighted by molar-refractivity contribution is 5.73. The molecule has 0 spiro atoms. The maximum atomic E-state index is 12.0. The monoisotopic (exact) mass is 535 g/mol. The van der Waals surface area contributed by atoms with Gasteiger partial charge in [0.15, 0.2) is 12.5 Å². The maximum Gasteiger partial charge on any atom is 0.218 e. The predicted molar refractivity (Wildman–Crippen MR) is 145 cm³/mol. The molecule has 1 unspecified atom stereocenters. The number of nitrogens with one attached hydrogen (secondary N) is 1. The van der Waals surface area contributed by atoms with E-state index in [0.717, 1.165) is 16.7 Å². The molecule has 0 bridgehead atoms. The second-order valence-electron chi connectivity index (χ2n) is 9.35. The van der Waals surface area contributed by atoms with Crippen LogP contribution in [0.4, 0.5) is 0 Å². The fraction of sp³-hybridized carbons (Fsp3) is 0.387. The molecule has 1 heterocycles. The van der Waals surface area contributed by atoms with Crippen LogP contribution in [0.25, 0.3) is 0 Å². The van der Waals surface area contributed by atoms with Gasteiger partial charge in [-0.25, -0.2) is 0 Å². The molecule has 3 aromatic carbocycles. The van der Waals surface area contributed by atoms with Crippen LogP contribution in [0.15, 0.2) is 91.0 Å². The number of ether oxygens (including phenoxy) is 6. The summed E-state index contributed by atoms with van der Waals surface area (Å²) in [4.78, 5) is 12.0. The molecule has 8 heteroatoms. The van der Waals surface area contributed by atoms with Crippen molar-refractivity contribution in [3.8, 4) is 0 Å². The van der Waals surface area contributed by atoms with E-state index in [2.05, 4.69) is 5.32 Å². The van der Waals surface area contributed by atoms with Crippen molar-refractivity contribution in [2.75, 3.05) is 14.2 Å². The molecule has 0 saturated carbocycles.